The SMILES string of the molecule is CC(=O)[C@@H](CC(C#CC=C(c1ccccc1)c1ccccc1)(c1ccc(F)cc1)c1ccc(F)cc1)[C@@H](C[N+](=O)[O-])c1ccccc1. The molecule has 6 heteroatoms. The Labute approximate surface area is 273 Å². The molecule has 0 spiro atoms. The van der Waals surface area contributed by atoms with Gasteiger partial charge < -0.3 is 0 Å². The number of hydrogen-bond acceptors (Lipinski definition) is 3. The summed E-state index contributed by atoms with van der Waals surface area (Å²) >= 11 is 0. The molecule has 0 fully saturated rings. The quantitative estimate of drug-likeness (QED) is 0.0836. The molecule has 0 saturated heterocycles. The number of halogens is 2. The highest BCUT2D eigenvalue weighted by atomic mass is 19.1. The highest BCUT2D eigenvalue weighted by Crippen LogP contribution is 2.43. The zero-order chi connectivity index (χ0) is 33.2. The first kappa shape index (κ1) is 32.7. The number of hydrogen-bond donors (Lipinski definition) is 0. The Morgan fingerprint density at radius 1 is 0.745 bits per heavy atom. The fourth-order valence-electron chi connectivity index (χ4n) is 6.09. The molecule has 5 aromatic carbocycles. The second kappa shape index (κ2) is 15.1. The molecule has 0 saturated carbocycles. The summed E-state index contributed by atoms with van der Waals surface area (Å²) in [6.45, 7) is 0.952. The van der Waals surface area contributed by atoms with Gasteiger partial charge in [0.25, 0.3) is 0 Å². The number of carbonyl (C=O) groups excluding carboxylic acids is 1. The number of rotatable bonds is 11. The van der Waals surface area contributed by atoms with Crippen molar-refractivity contribution in [3.63, 3.8) is 0 Å². The molecule has 4 nitrogen and oxygen atoms in total. The number of carbonyl (C=O) groups is 1. The molecule has 0 radical (unpaired) electrons. The van der Waals surface area contributed by atoms with Crippen molar-refractivity contribution in [1.29, 1.82) is 0 Å². The topological polar surface area (TPSA) is 60.2 Å². The van der Waals surface area contributed by atoms with E-state index in [4.69, 9.17) is 0 Å². The van der Waals surface area contributed by atoms with E-state index < -0.39 is 40.4 Å². The Hall–Kier alpha value is -5.67. The highest BCUT2D eigenvalue weighted by molar-refractivity contribution is 5.82. The number of ketones is 1. The predicted molar refractivity (Wildman–Crippen MR) is 181 cm³/mol. The third-order valence-electron chi connectivity index (χ3n) is 8.45. The lowest BCUT2D eigenvalue weighted by Gasteiger charge is -2.35. The summed E-state index contributed by atoms with van der Waals surface area (Å²) < 4.78 is 28.6. The van der Waals surface area contributed by atoms with Crippen LogP contribution in [-0.4, -0.2) is 17.3 Å². The Morgan fingerprint density at radius 3 is 1.62 bits per heavy atom. The summed E-state index contributed by atoms with van der Waals surface area (Å²) in [5.74, 6) is 3.90. The molecule has 0 aliphatic carbocycles. The van der Waals surface area contributed by atoms with Crippen LogP contribution in [0, 0.1) is 39.5 Å². The monoisotopic (exact) mass is 625 g/mol. The lowest BCUT2D eigenvalue weighted by Crippen LogP contribution is -2.36. The zero-order valence-corrected chi connectivity index (χ0v) is 25.9. The largest absolute Gasteiger partial charge is 0.300 e. The van der Waals surface area contributed by atoms with E-state index in [1.807, 2.05) is 66.7 Å². The van der Waals surface area contributed by atoms with Crippen LogP contribution < -0.4 is 0 Å². The summed E-state index contributed by atoms with van der Waals surface area (Å²) in [5.41, 5.74) is 3.27. The first-order valence-corrected chi connectivity index (χ1v) is 15.3. The minimum atomic E-state index is -1.28. The Morgan fingerprint density at radius 2 is 1.19 bits per heavy atom. The molecule has 0 bridgehead atoms. The van der Waals surface area contributed by atoms with Gasteiger partial charge in [0.2, 0.25) is 6.54 Å². The molecule has 2 atom stereocenters. The van der Waals surface area contributed by atoms with Crippen LogP contribution in [0.5, 0.6) is 0 Å². The van der Waals surface area contributed by atoms with Crippen molar-refractivity contribution in [1.82, 2.24) is 0 Å². The van der Waals surface area contributed by atoms with Crippen molar-refractivity contribution < 1.29 is 18.5 Å². The molecule has 0 aromatic heterocycles. The first-order chi connectivity index (χ1) is 22.8. The van der Waals surface area contributed by atoms with Gasteiger partial charge in [-0.15, -0.1) is 0 Å². The maximum atomic E-state index is 14.3. The summed E-state index contributed by atoms with van der Waals surface area (Å²) in [7, 11) is 0. The van der Waals surface area contributed by atoms with Gasteiger partial charge in [-0.25, -0.2) is 8.78 Å². The van der Waals surface area contributed by atoms with E-state index in [1.54, 1.807) is 54.6 Å². The van der Waals surface area contributed by atoms with Crippen molar-refractivity contribution >= 4 is 11.4 Å². The summed E-state index contributed by atoms with van der Waals surface area (Å²) in [5, 5.41) is 12.0. The molecule has 0 heterocycles. The van der Waals surface area contributed by atoms with Crippen LogP contribution in [-0.2, 0) is 10.2 Å². The van der Waals surface area contributed by atoms with Crippen molar-refractivity contribution in [3.05, 3.63) is 195 Å². The molecule has 0 N–H and O–H groups in total. The Kier molecular flexibility index (Phi) is 10.5. The smallest absolute Gasteiger partial charge is 0.211 e. The molecule has 0 aliphatic heterocycles. The molecule has 47 heavy (non-hydrogen) atoms. The van der Waals surface area contributed by atoms with Crippen molar-refractivity contribution in [2.24, 2.45) is 5.92 Å². The summed E-state index contributed by atoms with van der Waals surface area (Å²) in [6, 6.07) is 40.2. The van der Waals surface area contributed by atoms with Crippen molar-refractivity contribution in [3.8, 4) is 11.8 Å². The van der Waals surface area contributed by atoms with Crippen molar-refractivity contribution in [2.45, 2.75) is 24.7 Å². The number of nitrogens with zero attached hydrogens (tertiary/aromatic N) is 1. The second-order valence-corrected chi connectivity index (χ2v) is 11.4. The maximum Gasteiger partial charge on any atom is 0.211 e. The highest BCUT2D eigenvalue weighted by Gasteiger charge is 2.41. The van der Waals surface area contributed by atoms with Gasteiger partial charge in [0.1, 0.15) is 17.4 Å². The third kappa shape index (κ3) is 7.95. The fourth-order valence-corrected chi connectivity index (χ4v) is 6.09. The Bertz CT molecular complexity index is 1810. The number of Topliss-reactive ketones (excluding diaryl/α,β-unsaturated/α-hetero) is 1. The molecule has 0 unspecified atom stereocenters. The predicted octanol–water partition coefficient (Wildman–Crippen LogP) is 9.04. The molecule has 0 aliphatic rings. The maximum absolute atomic E-state index is 14.3. The molecule has 0 amide bonds. The third-order valence-corrected chi connectivity index (χ3v) is 8.45. The molecule has 5 rings (SSSR count). The van der Waals surface area contributed by atoms with E-state index >= 15 is 0 Å². The number of benzene rings is 5. The van der Waals surface area contributed by atoms with E-state index in [9.17, 15) is 23.7 Å². The normalized spacial score (nSPS) is 12.2. The van der Waals surface area contributed by atoms with E-state index in [1.165, 1.54) is 31.2 Å². The number of nitro groups is 1. The van der Waals surface area contributed by atoms with Gasteiger partial charge in [-0.2, -0.15) is 0 Å². The molecule has 5 aromatic rings. The van der Waals surface area contributed by atoms with E-state index in [2.05, 4.69) is 11.8 Å². The minimum Gasteiger partial charge on any atom is -0.300 e. The van der Waals surface area contributed by atoms with Gasteiger partial charge >= 0.3 is 0 Å². The van der Waals surface area contributed by atoms with Crippen LogP contribution in [0.2, 0.25) is 0 Å². The van der Waals surface area contributed by atoms with E-state index in [-0.39, 0.29) is 12.2 Å². The van der Waals surface area contributed by atoms with Crippen LogP contribution in [0.1, 0.15) is 47.1 Å². The van der Waals surface area contributed by atoms with Gasteiger partial charge in [-0.1, -0.05) is 127 Å². The fraction of sp³-hybridized carbons (Fsp3) is 0.146. The molecular formula is C41H33F2NO3. The van der Waals surface area contributed by atoms with Crippen LogP contribution in [0.4, 0.5) is 8.78 Å². The second-order valence-electron chi connectivity index (χ2n) is 11.4. The zero-order valence-electron chi connectivity index (χ0n) is 25.9. The average molecular weight is 626 g/mol. The summed E-state index contributed by atoms with van der Waals surface area (Å²) in [4.78, 5) is 25.1. The van der Waals surface area contributed by atoms with Crippen LogP contribution in [0.25, 0.3) is 5.57 Å². The molecular weight excluding hydrogens is 592 g/mol. The lowest BCUT2D eigenvalue weighted by atomic mass is 9.65. The van der Waals surface area contributed by atoms with Gasteiger partial charge in [0.15, 0.2) is 0 Å². The first-order valence-electron chi connectivity index (χ1n) is 15.3. The van der Waals surface area contributed by atoms with Crippen LogP contribution in [0.3, 0.4) is 0 Å². The van der Waals surface area contributed by atoms with E-state index in [0.717, 1.165) is 16.7 Å². The summed E-state index contributed by atoms with van der Waals surface area (Å²) in [6.07, 6.45) is 1.83. The average Bonchev–Trinajstić information content (AvgIpc) is 3.09. The van der Waals surface area contributed by atoms with Gasteiger partial charge in [0.05, 0.1) is 11.3 Å². The van der Waals surface area contributed by atoms with Gasteiger partial charge in [-0.05, 0) is 77.1 Å². The standard InChI is InChI=1S/C41H33F2NO3/c1-30(45)39(40(29-44(46)47)33-16-9-4-10-17-33)28-41(34-19-23-36(42)24-20-34,35-21-25-37(43)26-22-35)27-11-18-38(31-12-5-2-6-13-31)32-14-7-3-8-15-32/h2-10,12-26,39-40H,28-29H2,1H3/t39-,40+/m1/s1. The van der Waals surface area contributed by atoms with Crippen molar-refractivity contribution in [2.75, 3.05) is 6.54 Å². The Balaban J connectivity index is 1.76. The minimum absolute atomic E-state index is 0.0276. The van der Waals surface area contributed by atoms with Gasteiger partial charge in [0, 0.05) is 10.8 Å². The van der Waals surface area contributed by atoms with Gasteiger partial charge in [-0.3, -0.25) is 14.9 Å². The van der Waals surface area contributed by atoms with Crippen LogP contribution in [0.15, 0.2) is 146 Å². The lowest BCUT2D eigenvalue weighted by molar-refractivity contribution is -0.484. The van der Waals surface area contributed by atoms with Crippen LogP contribution >= 0.6 is 0 Å². The van der Waals surface area contributed by atoms with E-state index in [0.29, 0.717) is 16.7 Å². The molecule has 234 valence electrons. The number of allylic oxidation sites excluding steroid dienone is 1.